The first kappa shape index (κ1) is 24.2. The van der Waals surface area contributed by atoms with Crippen LogP contribution >= 0.6 is 0 Å². The maximum Gasteiger partial charge on any atom is 0.295 e. The standard InChI is InChI=1S/C29H30N2O4/c1-3-5-17-35-24-14-12-23(13-15-24)27(32)25-26(22-10-8-20(4-2)9-11-22)31(29(34)28(25)33)19-21-7-6-16-30-18-21/h6-16,18,26,32H,3-5,17,19H2,1-2H3/b27-25+. The lowest BCUT2D eigenvalue weighted by atomic mass is 9.94. The summed E-state index contributed by atoms with van der Waals surface area (Å²) in [6, 6.07) is 17.7. The van der Waals surface area contributed by atoms with Crippen molar-refractivity contribution in [3.8, 4) is 5.75 Å². The van der Waals surface area contributed by atoms with Crippen LogP contribution in [-0.2, 0) is 22.6 Å². The summed E-state index contributed by atoms with van der Waals surface area (Å²) in [5.74, 6) is -0.834. The van der Waals surface area contributed by atoms with Gasteiger partial charge in [0, 0.05) is 24.5 Å². The molecule has 4 rings (SSSR count). The number of carbonyl (C=O) groups is 2. The first-order chi connectivity index (χ1) is 17.0. The molecule has 1 aromatic heterocycles. The predicted molar refractivity (Wildman–Crippen MR) is 135 cm³/mol. The van der Waals surface area contributed by atoms with Crippen LogP contribution in [0.4, 0.5) is 0 Å². The molecule has 2 aromatic carbocycles. The predicted octanol–water partition coefficient (Wildman–Crippen LogP) is 5.44. The van der Waals surface area contributed by atoms with Crippen molar-refractivity contribution in [3.05, 3.63) is 101 Å². The van der Waals surface area contributed by atoms with E-state index in [9.17, 15) is 14.7 Å². The van der Waals surface area contributed by atoms with Gasteiger partial charge in [0.15, 0.2) is 0 Å². The Hall–Kier alpha value is -3.93. The van der Waals surface area contributed by atoms with Crippen molar-refractivity contribution in [2.75, 3.05) is 6.61 Å². The van der Waals surface area contributed by atoms with Crippen LogP contribution in [0.1, 0.15) is 55.0 Å². The Morgan fingerprint density at radius 2 is 1.74 bits per heavy atom. The Bertz CT molecular complexity index is 1200. The zero-order valence-electron chi connectivity index (χ0n) is 20.1. The molecule has 180 valence electrons. The average Bonchev–Trinajstić information content (AvgIpc) is 3.14. The van der Waals surface area contributed by atoms with Gasteiger partial charge in [0.25, 0.3) is 11.7 Å². The zero-order valence-corrected chi connectivity index (χ0v) is 20.1. The lowest BCUT2D eigenvalue weighted by Gasteiger charge is -2.25. The smallest absolute Gasteiger partial charge is 0.295 e. The number of unbranched alkanes of at least 4 members (excludes halogenated alkanes) is 1. The molecular formula is C29H30N2O4. The number of amides is 1. The van der Waals surface area contributed by atoms with Gasteiger partial charge in [0.1, 0.15) is 11.5 Å². The summed E-state index contributed by atoms with van der Waals surface area (Å²) in [7, 11) is 0. The molecule has 1 aliphatic heterocycles. The molecule has 1 fully saturated rings. The van der Waals surface area contributed by atoms with Crippen LogP contribution < -0.4 is 4.74 Å². The Kier molecular flexibility index (Phi) is 7.60. The van der Waals surface area contributed by atoms with Gasteiger partial charge >= 0.3 is 0 Å². The van der Waals surface area contributed by atoms with Crippen molar-refractivity contribution in [1.29, 1.82) is 0 Å². The molecule has 1 unspecified atom stereocenters. The number of benzene rings is 2. The largest absolute Gasteiger partial charge is 0.507 e. The van der Waals surface area contributed by atoms with E-state index in [0.717, 1.165) is 36.0 Å². The van der Waals surface area contributed by atoms with Gasteiger partial charge in [-0.05, 0) is 59.9 Å². The van der Waals surface area contributed by atoms with E-state index in [0.29, 0.717) is 17.9 Å². The maximum atomic E-state index is 13.2. The first-order valence-corrected chi connectivity index (χ1v) is 12.0. The van der Waals surface area contributed by atoms with E-state index in [4.69, 9.17) is 4.74 Å². The van der Waals surface area contributed by atoms with E-state index in [2.05, 4.69) is 18.8 Å². The van der Waals surface area contributed by atoms with Crippen molar-refractivity contribution in [1.82, 2.24) is 9.88 Å². The summed E-state index contributed by atoms with van der Waals surface area (Å²) in [5.41, 5.74) is 3.27. The molecule has 6 heteroatoms. The van der Waals surface area contributed by atoms with Crippen molar-refractivity contribution in [2.45, 2.75) is 45.7 Å². The van der Waals surface area contributed by atoms with Gasteiger partial charge < -0.3 is 14.7 Å². The molecule has 0 aliphatic carbocycles. The minimum atomic E-state index is -0.707. The van der Waals surface area contributed by atoms with Gasteiger partial charge in [-0.15, -0.1) is 0 Å². The van der Waals surface area contributed by atoms with Crippen LogP contribution in [0.3, 0.4) is 0 Å². The third-order valence-electron chi connectivity index (χ3n) is 6.21. The first-order valence-electron chi connectivity index (χ1n) is 12.0. The number of carbonyl (C=O) groups excluding carboxylic acids is 2. The van der Waals surface area contributed by atoms with E-state index in [1.54, 1.807) is 42.7 Å². The monoisotopic (exact) mass is 470 g/mol. The number of aromatic nitrogens is 1. The molecule has 1 aliphatic rings. The second-order valence-corrected chi connectivity index (χ2v) is 8.61. The topological polar surface area (TPSA) is 79.7 Å². The molecule has 6 nitrogen and oxygen atoms in total. The molecule has 0 radical (unpaired) electrons. The number of ketones is 1. The normalized spacial score (nSPS) is 17.1. The summed E-state index contributed by atoms with van der Waals surface area (Å²) in [6.45, 7) is 4.99. The van der Waals surface area contributed by atoms with Crippen molar-refractivity contribution < 1.29 is 19.4 Å². The van der Waals surface area contributed by atoms with Crippen molar-refractivity contribution in [3.63, 3.8) is 0 Å². The van der Waals surface area contributed by atoms with Gasteiger partial charge in [-0.1, -0.05) is 50.6 Å². The van der Waals surface area contributed by atoms with Crippen LogP contribution in [-0.4, -0.2) is 33.3 Å². The number of aliphatic hydroxyl groups is 1. The number of likely N-dealkylation sites (tertiary alicyclic amines) is 1. The highest BCUT2D eigenvalue weighted by Crippen LogP contribution is 2.40. The Balaban J connectivity index is 1.74. The number of hydrogen-bond donors (Lipinski definition) is 1. The highest BCUT2D eigenvalue weighted by atomic mass is 16.5. The number of hydrogen-bond acceptors (Lipinski definition) is 5. The average molecular weight is 471 g/mol. The summed E-state index contributed by atoms with van der Waals surface area (Å²) >= 11 is 0. The molecule has 1 saturated heterocycles. The van der Waals surface area contributed by atoms with Crippen LogP contribution in [0, 0.1) is 0 Å². The Morgan fingerprint density at radius 3 is 2.37 bits per heavy atom. The van der Waals surface area contributed by atoms with E-state index in [1.165, 1.54) is 4.90 Å². The highest BCUT2D eigenvalue weighted by molar-refractivity contribution is 6.46. The number of aliphatic hydroxyl groups excluding tert-OH is 1. The second kappa shape index (κ2) is 11.0. The van der Waals surface area contributed by atoms with E-state index >= 15 is 0 Å². The molecule has 1 amide bonds. The highest BCUT2D eigenvalue weighted by Gasteiger charge is 2.46. The molecule has 35 heavy (non-hydrogen) atoms. The van der Waals surface area contributed by atoms with Gasteiger partial charge in [-0.25, -0.2) is 0 Å². The molecule has 0 bridgehead atoms. The second-order valence-electron chi connectivity index (χ2n) is 8.61. The van der Waals surface area contributed by atoms with Crippen LogP contribution in [0.25, 0.3) is 5.76 Å². The number of aryl methyl sites for hydroxylation is 1. The maximum absolute atomic E-state index is 13.2. The summed E-state index contributed by atoms with van der Waals surface area (Å²) in [6.07, 6.45) is 6.21. The minimum absolute atomic E-state index is 0.0859. The quantitative estimate of drug-likeness (QED) is 0.195. The fourth-order valence-corrected chi connectivity index (χ4v) is 4.21. The third-order valence-corrected chi connectivity index (χ3v) is 6.21. The van der Waals surface area contributed by atoms with E-state index in [-0.39, 0.29) is 17.9 Å². The van der Waals surface area contributed by atoms with E-state index in [1.807, 2.05) is 30.3 Å². The molecule has 0 saturated carbocycles. The number of rotatable bonds is 9. The van der Waals surface area contributed by atoms with Crippen LogP contribution in [0.2, 0.25) is 0 Å². The lowest BCUT2D eigenvalue weighted by molar-refractivity contribution is -0.140. The van der Waals surface area contributed by atoms with Gasteiger partial charge in [0.2, 0.25) is 0 Å². The number of nitrogens with zero attached hydrogens (tertiary/aromatic N) is 2. The van der Waals surface area contributed by atoms with Gasteiger partial charge in [-0.2, -0.15) is 0 Å². The summed E-state index contributed by atoms with van der Waals surface area (Å²) in [4.78, 5) is 32.0. The summed E-state index contributed by atoms with van der Waals surface area (Å²) < 4.78 is 5.71. The van der Waals surface area contributed by atoms with Gasteiger partial charge in [-0.3, -0.25) is 14.6 Å². The lowest BCUT2D eigenvalue weighted by Crippen LogP contribution is -2.29. The molecule has 2 heterocycles. The van der Waals surface area contributed by atoms with Crippen LogP contribution in [0.15, 0.2) is 78.6 Å². The number of Topliss-reactive ketones (excluding diaryl/α,β-unsaturated/α-hetero) is 1. The number of pyridine rings is 1. The Labute approximate surface area is 205 Å². The molecule has 0 spiro atoms. The summed E-state index contributed by atoms with van der Waals surface area (Å²) in [5, 5.41) is 11.3. The molecule has 3 aromatic rings. The molecular weight excluding hydrogens is 440 g/mol. The molecule has 1 atom stereocenters. The fraction of sp³-hybridized carbons (Fsp3) is 0.276. The van der Waals surface area contributed by atoms with E-state index < -0.39 is 17.7 Å². The van der Waals surface area contributed by atoms with Gasteiger partial charge in [0.05, 0.1) is 18.2 Å². The van der Waals surface area contributed by atoms with Crippen LogP contribution in [0.5, 0.6) is 5.75 Å². The number of ether oxygens (including phenoxy) is 1. The Morgan fingerprint density at radius 1 is 1.00 bits per heavy atom. The van der Waals surface area contributed by atoms with Crippen molar-refractivity contribution >= 4 is 17.4 Å². The zero-order chi connectivity index (χ0) is 24.8. The van der Waals surface area contributed by atoms with Crippen molar-refractivity contribution in [2.24, 2.45) is 0 Å². The molecule has 1 N–H and O–H groups in total. The fourth-order valence-electron chi connectivity index (χ4n) is 4.21. The SMILES string of the molecule is CCCCOc1ccc(/C(O)=C2\C(=O)C(=O)N(Cc3cccnc3)C2c2ccc(CC)cc2)cc1. The minimum Gasteiger partial charge on any atom is -0.507 e. The third kappa shape index (κ3) is 5.27.